The van der Waals surface area contributed by atoms with Crippen LogP contribution in [0.1, 0.15) is 18.9 Å². The van der Waals surface area contributed by atoms with Crippen molar-refractivity contribution in [1.29, 1.82) is 0 Å². The molecule has 1 amide bonds. The Morgan fingerprint density at radius 3 is 2.44 bits per heavy atom. The second-order valence-electron chi connectivity index (χ2n) is 7.70. The number of carbonyl (C=O) groups is 2. The lowest BCUT2D eigenvalue weighted by Crippen LogP contribution is -2.67. The van der Waals surface area contributed by atoms with Crippen molar-refractivity contribution in [3.63, 3.8) is 0 Å². The van der Waals surface area contributed by atoms with Gasteiger partial charge in [0.05, 0.1) is 11.3 Å². The van der Waals surface area contributed by atoms with Crippen molar-refractivity contribution in [2.45, 2.75) is 29.5 Å². The van der Waals surface area contributed by atoms with E-state index >= 15 is 0 Å². The first-order valence-electron chi connectivity index (χ1n) is 10.0. The van der Waals surface area contributed by atoms with Gasteiger partial charge in [-0.25, -0.2) is 8.42 Å². The van der Waals surface area contributed by atoms with Crippen LogP contribution in [0, 0.1) is 5.92 Å². The molecule has 2 unspecified atom stereocenters. The average molecular weight is 498 g/mol. The second-order valence-corrected chi connectivity index (χ2v) is 10.7. The molecule has 0 radical (unpaired) electrons. The number of ketones is 1. The van der Waals surface area contributed by atoms with E-state index in [2.05, 4.69) is 0 Å². The van der Waals surface area contributed by atoms with Gasteiger partial charge in [0.2, 0.25) is 20.6 Å². The molecular formula is C22H21Cl2NO6S. The lowest BCUT2D eigenvalue weighted by molar-refractivity contribution is -0.150. The summed E-state index contributed by atoms with van der Waals surface area (Å²) in [6.07, 6.45) is -0.181. The van der Waals surface area contributed by atoms with E-state index in [4.69, 9.17) is 32.7 Å². The van der Waals surface area contributed by atoms with Gasteiger partial charge >= 0.3 is 0 Å². The molecule has 32 heavy (non-hydrogen) atoms. The van der Waals surface area contributed by atoms with Crippen molar-refractivity contribution in [1.82, 2.24) is 4.90 Å². The first kappa shape index (κ1) is 23.0. The minimum atomic E-state index is -4.14. The van der Waals surface area contributed by atoms with Gasteiger partial charge in [-0.3, -0.25) is 9.59 Å². The van der Waals surface area contributed by atoms with Gasteiger partial charge in [-0.2, -0.15) is 0 Å². The van der Waals surface area contributed by atoms with E-state index in [9.17, 15) is 18.0 Å². The van der Waals surface area contributed by atoms with E-state index in [0.717, 1.165) is 0 Å². The second kappa shape index (κ2) is 8.67. The highest BCUT2D eigenvalue weighted by Crippen LogP contribution is 2.49. The number of β-lactam (4-membered cyclic amide) rings is 1. The molecule has 0 N–H and O–H groups in total. The highest BCUT2D eigenvalue weighted by molar-refractivity contribution is 7.93. The van der Waals surface area contributed by atoms with Gasteiger partial charge in [-0.1, -0.05) is 23.2 Å². The van der Waals surface area contributed by atoms with Crippen molar-refractivity contribution < 1.29 is 27.5 Å². The number of rotatable bonds is 8. The summed E-state index contributed by atoms with van der Waals surface area (Å²) in [5.74, 6) is -1.08. The number of hydrogen-bond donors (Lipinski definition) is 0. The van der Waals surface area contributed by atoms with Crippen LogP contribution in [0.5, 0.6) is 5.75 Å². The van der Waals surface area contributed by atoms with E-state index in [1.807, 2.05) is 6.92 Å². The maximum atomic E-state index is 13.5. The molecule has 0 spiro atoms. The van der Waals surface area contributed by atoms with Gasteiger partial charge in [-0.15, -0.1) is 0 Å². The van der Waals surface area contributed by atoms with Gasteiger partial charge in [0.25, 0.3) is 0 Å². The third kappa shape index (κ3) is 3.69. The molecule has 2 saturated heterocycles. The summed E-state index contributed by atoms with van der Waals surface area (Å²) in [6.45, 7) is 2.36. The van der Waals surface area contributed by atoms with Crippen LogP contribution in [0.4, 0.5) is 0 Å². The Balaban J connectivity index is 1.64. The van der Waals surface area contributed by atoms with Gasteiger partial charge in [0.1, 0.15) is 5.75 Å². The SMILES string of the molecule is CCOCOc1ccc(Cl)cc1CC1CN2C(=O)CC2(S(=O)(=O)c2ccc(Cl)cc2)C1=O. The van der Waals surface area contributed by atoms with E-state index in [0.29, 0.717) is 28.0 Å². The van der Waals surface area contributed by atoms with E-state index in [1.54, 1.807) is 18.2 Å². The number of amides is 1. The zero-order chi connectivity index (χ0) is 23.1. The van der Waals surface area contributed by atoms with Gasteiger partial charge in [0.15, 0.2) is 12.6 Å². The smallest absolute Gasteiger partial charge is 0.228 e. The number of fused-ring (bicyclic) bond motifs is 1. The number of ether oxygens (including phenoxy) is 2. The summed E-state index contributed by atoms with van der Waals surface area (Å²) < 4.78 is 37.8. The number of benzene rings is 2. The molecule has 4 rings (SSSR count). The Bertz CT molecular complexity index is 1170. The molecular weight excluding hydrogens is 477 g/mol. The minimum Gasteiger partial charge on any atom is -0.467 e. The Morgan fingerprint density at radius 2 is 1.78 bits per heavy atom. The molecule has 2 aromatic carbocycles. The molecule has 2 aromatic rings. The van der Waals surface area contributed by atoms with Gasteiger partial charge in [0, 0.05) is 29.1 Å². The molecule has 0 aromatic heterocycles. The minimum absolute atomic E-state index is 0.0158. The lowest BCUT2D eigenvalue weighted by Gasteiger charge is -2.44. The molecule has 2 aliphatic rings. The molecule has 2 fully saturated rings. The van der Waals surface area contributed by atoms with Gasteiger partial charge < -0.3 is 14.4 Å². The Kier molecular flexibility index (Phi) is 6.24. The summed E-state index contributed by atoms with van der Waals surface area (Å²) in [6, 6.07) is 10.6. The third-order valence-electron chi connectivity index (χ3n) is 5.85. The molecule has 2 aliphatic heterocycles. The Labute approximate surface area is 196 Å². The monoisotopic (exact) mass is 497 g/mol. The fraction of sp³-hybridized carbons (Fsp3) is 0.364. The van der Waals surface area contributed by atoms with Crippen LogP contribution in [0.3, 0.4) is 0 Å². The molecule has 7 nitrogen and oxygen atoms in total. The summed E-state index contributed by atoms with van der Waals surface area (Å²) in [7, 11) is -4.14. The quantitative estimate of drug-likeness (QED) is 0.315. The van der Waals surface area contributed by atoms with Crippen LogP contribution in [0.15, 0.2) is 47.4 Å². The molecule has 0 aliphatic carbocycles. The van der Waals surface area contributed by atoms with Crippen LogP contribution < -0.4 is 4.74 Å². The number of halogens is 2. The summed E-state index contributed by atoms with van der Waals surface area (Å²) in [4.78, 5) is 25.0. The zero-order valence-corrected chi connectivity index (χ0v) is 19.5. The van der Waals surface area contributed by atoms with E-state index in [-0.39, 0.29) is 37.0 Å². The number of Topliss-reactive ketones (excluding diaryl/α,β-unsaturated/α-hetero) is 1. The Morgan fingerprint density at radius 1 is 1.09 bits per heavy atom. The van der Waals surface area contributed by atoms with E-state index < -0.39 is 26.4 Å². The summed E-state index contributed by atoms with van der Waals surface area (Å²) in [5, 5.41) is 0.830. The zero-order valence-electron chi connectivity index (χ0n) is 17.2. The van der Waals surface area contributed by atoms with E-state index in [1.165, 1.54) is 29.2 Å². The highest BCUT2D eigenvalue weighted by atomic mass is 35.5. The van der Waals surface area contributed by atoms with Crippen LogP contribution in [0.25, 0.3) is 0 Å². The molecule has 2 atom stereocenters. The number of sulfone groups is 1. The van der Waals surface area contributed by atoms with Crippen LogP contribution >= 0.6 is 23.2 Å². The Hall–Kier alpha value is -2.13. The fourth-order valence-corrected chi connectivity index (χ4v) is 6.65. The van der Waals surface area contributed by atoms with Crippen molar-refractivity contribution in [2.24, 2.45) is 5.92 Å². The molecule has 0 bridgehead atoms. The first-order chi connectivity index (χ1) is 15.2. The maximum absolute atomic E-state index is 13.5. The third-order valence-corrected chi connectivity index (χ3v) is 8.68. The average Bonchev–Trinajstić information content (AvgIpc) is 2.98. The predicted octanol–water partition coefficient (Wildman–Crippen LogP) is 3.51. The largest absolute Gasteiger partial charge is 0.467 e. The number of nitrogens with zero attached hydrogens (tertiary/aromatic N) is 1. The number of carbonyl (C=O) groups excluding carboxylic acids is 2. The standard InChI is InChI=1S/C22H21Cl2NO6S/c1-2-30-13-31-19-8-5-17(24)10-14(19)9-15-12-25-20(26)11-22(25,21(15)27)32(28,29)18-6-3-16(23)4-7-18/h3-8,10,15H,2,9,11-13H2,1H3. The van der Waals surface area contributed by atoms with Gasteiger partial charge in [-0.05, 0) is 61.4 Å². The normalized spacial score (nSPS) is 22.6. The first-order valence-corrected chi connectivity index (χ1v) is 12.3. The van der Waals surface area contributed by atoms with Crippen molar-refractivity contribution in [2.75, 3.05) is 19.9 Å². The molecule has 170 valence electrons. The topological polar surface area (TPSA) is 90.0 Å². The van der Waals surface area contributed by atoms with Crippen molar-refractivity contribution in [3.05, 3.63) is 58.1 Å². The molecule has 2 heterocycles. The van der Waals surface area contributed by atoms with Crippen LogP contribution in [-0.4, -0.2) is 49.8 Å². The summed E-state index contributed by atoms with van der Waals surface area (Å²) >= 11 is 12.0. The van der Waals surface area contributed by atoms with Crippen LogP contribution in [-0.2, 0) is 30.6 Å². The van der Waals surface area contributed by atoms with Crippen molar-refractivity contribution >= 4 is 44.7 Å². The molecule has 0 saturated carbocycles. The fourth-order valence-electron chi connectivity index (χ4n) is 4.24. The number of hydrogen-bond acceptors (Lipinski definition) is 6. The maximum Gasteiger partial charge on any atom is 0.228 e. The molecule has 10 heteroatoms. The van der Waals surface area contributed by atoms with Crippen LogP contribution in [0.2, 0.25) is 10.0 Å². The highest BCUT2D eigenvalue weighted by Gasteiger charge is 2.70. The summed E-state index contributed by atoms with van der Waals surface area (Å²) in [5.41, 5.74) is 0.643. The lowest BCUT2D eigenvalue weighted by atomic mass is 9.92. The predicted molar refractivity (Wildman–Crippen MR) is 118 cm³/mol. The van der Waals surface area contributed by atoms with Crippen molar-refractivity contribution in [3.8, 4) is 5.75 Å².